The first kappa shape index (κ1) is 25.0. The molecule has 0 aromatic heterocycles. The third-order valence-electron chi connectivity index (χ3n) is 5.57. The molecule has 176 valence electrons. The second-order valence-corrected chi connectivity index (χ2v) is 9.82. The number of anilines is 1. The largest absolute Gasteiger partial charge is 0.385 e. The van der Waals surface area contributed by atoms with E-state index < -0.39 is 5.25 Å². The molecule has 2 amide bonds. The minimum absolute atomic E-state index is 0.0789. The maximum atomic E-state index is 13.2. The van der Waals surface area contributed by atoms with Crippen LogP contribution < -0.4 is 5.32 Å². The average Bonchev–Trinajstić information content (AvgIpc) is 3.05. The van der Waals surface area contributed by atoms with Crippen molar-refractivity contribution in [2.45, 2.75) is 51.7 Å². The Morgan fingerprint density at radius 2 is 1.91 bits per heavy atom. The molecule has 1 heterocycles. The lowest BCUT2D eigenvalue weighted by Gasteiger charge is -2.16. The Kier molecular flexibility index (Phi) is 8.69. The molecule has 0 spiro atoms. The Balaban J connectivity index is 1.75. The first-order valence-electron chi connectivity index (χ1n) is 11.3. The van der Waals surface area contributed by atoms with Crippen molar-refractivity contribution in [3.63, 3.8) is 0 Å². The number of amidine groups is 1. The van der Waals surface area contributed by atoms with E-state index in [1.54, 1.807) is 12.0 Å². The summed E-state index contributed by atoms with van der Waals surface area (Å²) in [5.74, 6) is 0.193. The van der Waals surface area contributed by atoms with E-state index in [1.165, 1.54) is 17.3 Å². The molecule has 1 fully saturated rings. The SMILES string of the molecule is COCCCN1C(=O)C(CC(=O)Nc2cc(C)ccc2C)SC1=Nc1ccc(C(C)C)cc1. The van der Waals surface area contributed by atoms with Crippen LogP contribution >= 0.6 is 11.8 Å². The summed E-state index contributed by atoms with van der Waals surface area (Å²) < 4.78 is 5.16. The Bertz CT molecular complexity index is 1020. The van der Waals surface area contributed by atoms with Crippen molar-refractivity contribution in [2.75, 3.05) is 25.6 Å². The van der Waals surface area contributed by atoms with E-state index in [2.05, 4.69) is 31.3 Å². The number of thioether (sulfide) groups is 1. The summed E-state index contributed by atoms with van der Waals surface area (Å²) in [5.41, 5.74) is 4.89. The van der Waals surface area contributed by atoms with Gasteiger partial charge in [0.25, 0.3) is 0 Å². The summed E-state index contributed by atoms with van der Waals surface area (Å²) in [7, 11) is 1.65. The lowest BCUT2D eigenvalue weighted by molar-refractivity contribution is -0.128. The highest BCUT2D eigenvalue weighted by atomic mass is 32.2. The standard InChI is InChI=1S/C26H33N3O3S/c1-17(2)20-9-11-21(12-10-20)27-26-29(13-6-14-32-5)25(31)23(33-26)16-24(30)28-22-15-18(3)7-8-19(22)4/h7-12,15,17,23H,6,13-14,16H2,1-5H3,(H,28,30). The van der Waals surface area contributed by atoms with Crippen molar-refractivity contribution in [3.8, 4) is 0 Å². The first-order valence-corrected chi connectivity index (χ1v) is 12.2. The number of hydrogen-bond acceptors (Lipinski definition) is 5. The summed E-state index contributed by atoms with van der Waals surface area (Å²) >= 11 is 1.36. The first-order chi connectivity index (χ1) is 15.8. The lowest BCUT2D eigenvalue weighted by atomic mass is 10.0. The van der Waals surface area contributed by atoms with E-state index >= 15 is 0 Å². The van der Waals surface area contributed by atoms with Crippen LogP contribution in [-0.2, 0) is 14.3 Å². The number of nitrogens with one attached hydrogen (secondary N) is 1. The number of carbonyl (C=O) groups is 2. The van der Waals surface area contributed by atoms with Crippen LogP contribution in [0.25, 0.3) is 0 Å². The zero-order valence-electron chi connectivity index (χ0n) is 20.1. The molecular weight excluding hydrogens is 434 g/mol. The highest BCUT2D eigenvalue weighted by molar-refractivity contribution is 8.15. The number of amides is 2. The van der Waals surface area contributed by atoms with Gasteiger partial charge in [-0.1, -0.05) is 49.9 Å². The van der Waals surface area contributed by atoms with Gasteiger partial charge in [-0.25, -0.2) is 4.99 Å². The highest BCUT2D eigenvalue weighted by Crippen LogP contribution is 2.32. The van der Waals surface area contributed by atoms with Crippen LogP contribution in [0.15, 0.2) is 47.5 Å². The minimum Gasteiger partial charge on any atom is -0.385 e. The van der Waals surface area contributed by atoms with Crippen LogP contribution in [0.3, 0.4) is 0 Å². The molecule has 0 saturated carbocycles. The van der Waals surface area contributed by atoms with Gasteiger partial charge in [-0.05, 0) is 61.1 Å². The minimum atomic E-state index is -0.494. The number of aryl methyl sites for hydroxylation is 2. The molecule has 1 aliphatic heterocycles. The maximum absolute atomic E-state index is 13.2. The smallest absolute Gasteiger partial charge is 0.242 e. The molecule has 1 aliphatic rings. The Morgan fingerprint density at radius 1 is 1.18 bits per heavy atom. The van der Waals surface area contributed by atoms with Gasteiger partial charge in [0.2, 0.25) is 11.8 Å². The van der Waals surface area contributed by atoms with E-state index in [0.29, 0.717) is 30.7 Å². The average molecular weight is 468 g/mol. The van der Waals surface area contributed by atoms with E-state index in [0.717, 1.165) is 22.5 Å². The van der Waals surface area contributed by atoms with E-state index in [-0.39, 0.29) is 18.2 Å². The van der Waals surface area contributed by atoms with Crippen molar-refractivity contribution in [1.29, 1.82) is 0 Å². The third kappa shape index (κ3) is 6.68. The molecule has 6 nitrogen and oxygen atoms in total. The van der Waals surface area contributed by atoms with Gasteiger partial charge < -0.3 is 10.1 Å². The second kappa shape index (κ2) is 11.5. The van der Waals surface area contributed by atoms with Gasteiger partial charge in [0.05, 0.1) is 5.69 Å². The molecule has 7 heteroatoms. The summed E-state index contributed by atoms with van der Waals surface area (Å²) in [6, 6.07) is 14.0. The maximum Gasteiger partial charge on any atom is 0.242 e. The third-order valence-corrected chi connectivity index (χ3v) is 6.75. The molecule has 0 aliphatic carbocycles. The summed E-state index contributed by atoms with van der Waals surface area (Å²) in [6.07, 6.45) is 0.804. The zero-order valence-corrected chi connectivity index (χ0v) is 20.9. The number of nitrogens with zero attached hydrogens (tertiary/aromatic N) is 2. The van der Waals surface area contributed by atoms with Gasteiger partial charge in [-0.2, -0.15) is 0 Å². The Morgan fingerprint density at radius 3 is 2.58 bits per heavy atom. The fourth-order valence-corrected chi connectivity index (χ4v) is 4.77. The quantitative estimate of drug-likeness (QED) is 0.500. The molecule has 1 atom stereocenters. The molecule has 1 unspecified atom stereocenters. The van der Waals surface area contributed by atoms with E-state index in [1.807, 2.05) is 44.2 Å². The highest BCUT2D eigenvalue weighted by Gasteiger charge is 2.39. The summed E-state index contributed by atoms with van der Waals surface area (Å²) in [4.78, 5) is 32.4. The predicted octanol–water partition coefficient (Wildman–Crippen LogP) is 5.42. The second-order valence-electron chi connectivity index (χ2n) is 8.65. The van der Waals surface area contributed by atoms with Crippen molar-refractivity contribution in [2.24, 2.45) is 4.99 Å². The van der Waals surface area contributed by atoms with Crippen LogP contribution in [0.1, 0.15) is 49.3 Å². The summed E-state index contributed by atoms with van der Waals surface area (Å²) in [5, 5.41) is 3.11. The van der Waals surface area contributed by atoms with Crippen molar-refractivity contribution < 1.29 is 14.3 Å². The molecular formula is C26H33N3O3S. The normalized spacial score (nSPS) is 17.3. The number of methoxy groups -OCH3 is 1. The topological polar surface area (TPSA) is 71.0 Å². The molecule has 1 saturated heterocycles. The molecule has 1 N–H and O–H groups in total. The lowest BCUT2D eigenvalue weighted by Crippen LogP contribution is -2.34. The molecule has 33 heavy (non-hydrogen) atoms. The fraction of sp³-hybridized carbons (Fsp3) is 0.423. The van der Waals surface area contributed by atoms with Gasteiger partial charge in [-0.15, -0.1) is 0 Å². The van der Waals surface area contributed by atoms with Gasteiger partial charge in [-0.3, -0.25) is 14.5 Å². The monoisotopic (exact) mass is 467 g/mol. The summed E-state index contributed by atoms with van der Waals surface area (Å²) in [6.45, 7) is 9.31. The van der Waals surface area contributed by atoms with Crippen LogP contribution in [0.4, 0.5) is 11.4 Å². The van der Waals surface area contributed by atoms with Crippen LogP contribution in [0.5, 0.6) is 0 Å². The molecule has 2 aromatic carbocycles. The molecule has 0 bridgehead atoms. The number of ether oxygens (including phenoxy) is 1. The van der Waals surface area contributed by atoms with Gasteiger partial charge in [0.1, 0.15) is 5.25 Å². The van der Waals surface area contributed by atoms with Crippen LogP contribution in [-0.4, -0.2) is 47.4 Å². The van der Waals surface area contributed by atoms with Gasteiger partial charge in [0, 0.05) is 32.4 Å². The number of rotatable bonds is 9. The fourth-order valence-electron chi connectivity index (χ4n) is 3.58. The van der Waals surface area contributed by atoms with Gasteiger partial charge >= 0.3 is 0 Å². The number of carbonyl (C=O) groups excluding carboxylic acids is 2. The zero-order chi connectivity index (χ0) is 24.0. The molecule has 3 rings (SSSR count). The number of hydrogen-bond donors (Lipinski definition) is 1. The van der Waals surface area contributed by atoms with Crippen molar-refractivity contribution >= 4 is 40.1 Å². The van der Waals surface area contributed by atoms with E-state index in [4.69, 9.17) is 9.73 Å². The molecule has 2 aromatic rings. The van der Waals surface area contributed by atoms with Crippen LogP contribution in [0, 0.1) is 13.8 Å². The number of aliphatic imine (C=N–C) groups is 1. The van der Waals surface area contributed by atoms with Crippen molar-refractivity contribution in [1.82, 2.24) is 4.90 Å². The van der Waals surface area contributed by atoms with Gasteiger partial charge in [0.15, 0.2) is 5.17 Å². The van der Waals surface area contributed by atoms with Crippen LogP contribution in [0.2, 0.25) is 0 Å². The number of benzene rings is 2. The van der Waals surface area contributed by atoms with Crippen molar-refractivity contribution in [3.05, 3.63) is 59.2 Å². The predicted molar refractivity (Wildman–Crippen MR) is 136 cm³/mol. The Labute approximate surface area is 200 Å². The Hall–Kier alpha value is -2.64. The van der Waals surface area contributed by atoms with E-state index in [9.17, 15) is 9.59 Å². The molecule has 0 radical (unpaired) electrons.